The minimum Gasteiger partial charge on any atom is -0.325 e. The SMILES string of the molecule is CC(C)CC(=O)Nc1nc(CN)cs1. The Bertz CT molecular complexity index is 309. The van der Waals surface area contributed by atoms with Gasteiger partial charge in [-0.3, -0.25) is 4.79 Å². The summed E-state index contributed by atoms with van der Waals surface area (Å²) in [6, 6.07) is 0. The first-order valence-corrected chi connectivity index (χ1v) is 5.44. The number of nitrogens with two attached hydrogens (primary N) is 1. The number of rotatable bonds is 4. The largest absolute Gasteiger partial charge is 0.325 e. The first-order valence-electron chi connectivity index (χ1n) is 4.56. The normalized spacial score (nSPS) is 10.6. The van der Waals surface area contributed by atoms with Crippen LogP contribution in [0.1, 0.15) is 26.0 Å². The molecule has 0 saturated carbocycles. The molecule has 78 valence electrons. The second-order valence-electron chi connectivity index (χ2n) is 3.49. The number of nitrogens with zero attached hydrogens (tertiary/aromatic N) is 1. The molecular formula is C9H15N3OS. The molecule has 1 aromatic heterocycles. The molecule has 0 fully saturated rings. The van der Waals surface area contributed by atoms with E-state index < -0.39 is 0 Å². The van der Waals surface area contributed by atoms with Crippen LogP contribution in [-0.4, -0.2) is 10.9 Å². The van der Waals surface area contributed by atoms with E-state index in [1.165, 1.54) is 11.3 Å². The van der Waals surface area contributed by atoms with E-state index in [9.17, 15) is 4.79 Å². The van der Waals surface area contributed by atoms with E-state index in [0.717, 1.165) is 5.69 Å². The summed E-state index contributed by atoms with van der Waals surface area (Å²) < 4.78 is 0. The molecule has 0 bridgehead atoms. The molecule has 1 aromatic rings. The van der Waals surface area contributed by atoms with E-state index in [2.05, 4.69) is 10.3 Å². The van der Waals surface area contributed by atoms with Crippen molar-refractivity contribution in [3.05, 3.63) is 11.1 Å². The maximum atomic E-state index is 11.3. The lowest BCUT2D eigenvalue weighted by atomic mass is 10.1. The number of carbonyl (C=O) groups excluding carboxylic acids is 1. The van der Waals surface area contributed by atoms with Gasteiger partial charge in [-0.2, -0.15) is 0 Å². The summed E-state index contributed by atoms with van der Waals surface area (Å²) in [6.07, 6.45) is 0.525. The van der Waals surface area contributed by atoms with Gasteiger partial charge in [0.15, 0.2) is 5.13 Å². The quantitative estimate of drug-likeness (QED) is 0.798. The highest BCUT2D eigenvalue weighted by Crippen LogP contribution is 2.15. The third-order valence-electron chi connectivity index (χ3n) is 1.60. The van der Waals surface area contributed by atoms with Gasteiger partial charge < -0.3 is 11.1 Å². The van der Waals surface area contributed by atoms with Crippen molar-refractivity contribution in [1.82, 2.24) is 4.98 Å². The molecule has 3 N–H and O–H groups in total. The Morgan fingerprint density at radius 3 is 2.93 bits per heavy atom. The Morgan fingerprint density at radius 2 is 2.43 bits per heavy atom. The standard InChI is InChI=1S/C9H15N3OS/c1-6(2)3-8(13)12-9-11-7(4-10)5-14-9/h5-6H,3-4,10H2,1-2H3,(H,11,12,13). The fraction of sp³-hybridized carbons (Fsp3) is 0.556. The van der Waals surface area contributed by atoms with Crippen LogP contribution in [0, 0.1) is 5.92 Å². The lowest BCUT2D eigenvalue weighted by molar-refractivity contribution is -0.116. The zero-order chi connectivity index (χ0) is 10.6. The Balaban J connectivity index is 2.47. The van der Waals surface area contributed by atoms with Crippen LogP contribution < -0.4 is 11.1 Å². The van der Waals surface area contributed by atoms with E-state index in [0.29, 0.717) is 24.0 Å². The van der Waals surface area contributed by atoms with Crippen molar-refractivity contribution < 1.29 is 4.79 Å². The maximum Gasteiger partial charge on any atom is 0.226 e. The van der Waals surface area contributed by atoms with Crippen molar-refractivity contribution in [1.29, 1.82) is 0 Å². The van der Waals surface area contributed by atoms with Crippen molar-refractivity contribution in [3.8, 4) is 0 Å². The summed E-state index contributed by atoms with van der Waals surface area (Å²) in [5.41, 5.74) is 6.22. The topological polar surface area (TPSA) is 68.0 Å². The molecule has 0 saturated heterocycles. The molecule has 0 spiro atoms. The van der Waals surface area contributed by atoms with Gasteiger partial charge in [-0.25, -0.2) is 4.98 Å². The average Bonchev–Trinajstić information content (AvgIpc) is 2.50. The maximum absolute atomic E-state index is 11.3. The van der Waals surface area contributed by atoms with Crippen molar-refractivity contribution in [2.75, 3.05) is 5.32 Å². The molecule has 0 aromatic carbocycles. The Hall–Kier alpha value is -0.940. The fourth-order valence-electron chi connectivity index (χ4n) is 0.999. The van der Waals surface area contributed by atoms with Gasteiger partial charge >= 0.3 is 0 Å². The first-order chi connectivity index (χ1) is 6.61. The fourth-order valence-corrected chi connectivity index (χ4v) is 1.74. The Labute approximate surface area is 87.5 Å². The molecule has 0 aliphatic heterocycles. The molecule has 1 heterocycles. The summed E-state index contributed by atoms with van der Waals surface area (Å²) in [5.74, 6) is 0.377. The molecule has 0 aliphatic carbocycles. The molecule has 1 amide bonds. The van der Waals surface area contributed by atoms with Gasteiger partial charge in [0.1, 0.15) is 0 Å². The van der Waals surface area contributed by atoms with Gasteiger partial charge in [-0.05, 0) is 5.92 Å². The molecule has 0 radical (unpaired) electrons. The number of carbonyl (C=O) groups is 1. The van der Waals surface area contributed by atoms with Gasteiger partial charge in [-0.1, -0.05) is 13.8 Å². The second-order valence-corrected chi connectivity index (χ2v) is 4.35. The van der Waals surface area contributed by atoms with Gasteiger partial charge in [-0.15, -0.1) is 11.3 Å². The van der Waals surface area contributed by atoms with Crippen molar-refractivity contribution >= 4 is 22.4 Å². The van der Waals surface area contributed by atoms with E-state index in [1.807, 2.05) is 19.2 Å². The summed E-state index contributed by atoms with van der Waals surface area (Å²) >= 11 is 1.41. The number of anilines is 1. The zero-order valence-electron chi connectivity index (χ0n) is 8.41. The van der Waals surface area contributed by atoms with Crippen LogP contribution in [0.5, 0.6) is 0 Å². The van der Waals surface area contributed by atoms with Crippen LogP contribution in [0.15, 0.2) is 5.38 Å². The molecule has 0 atom stereocenters. The predicted octanol–water partition coefficient (Wildman–Crippen LogP) is 1.59. The third-order valence-corrected chi connectivity index (χ3v) is 2.41. The molecule has 14 heavy (non-hydrogen) atoms. The van der Waals surface area contributed by atoms with Crippen LogP contribution in [0.3, 0.4) is 0 Å². The van der Waals surface area contributed by atoms with Crippen LogP contribution >= 0.6 is 11.3 Å². The monoisotopic (exact) mass is 213 g/mol. The van der Waals surface area contributed by atoms with Crippen molar-refractivity contribution in [2.24, 2.45) is 11.7 Å². The lowest BCUT2D eigenvalue weighted by Crippen LogP contribution is -2.13. The van der Waals surface area contributed by atoms with E-state index in [4.69, 9.17) is 5.73 Å². The number of nitrogens with one attached hydrogen (secondary N) is 1. The lowest BCUT2D eigenvalue weighted by Gasteiger charge is -2.03. The van der Waals surface area contributed by atoms with Crippen molar-refractivity contribution in [3.63, 3.8) is 0 Å². The molecule has 0 unspecified atom stereocenters. The average molecular weight is 213 g/mol. The Morgan fingerprint density at radius 1 is 1.71 bits per heavy atom. The van der Waals surface area contributed by atoms with E-state index in [1.54, 1.807) is 0 Å². The number of aromatic nitrogens is 1. The zero-order valence-corrected chi connectivity index (χ0v) is 9.23. The number of amides is 1. The highest BCUT2D eigenvalue weighted by molar-refractivity contribution is 7.13. The first kappa shape index (κ1) is 11.1. The summed E-state index contributed by atoms with van der Waals surface area (Å²) in [7, 11) is 0. The van der Waals surface area contributed by atoms with Gasteiger partial charge in [0, 0.05) is 18.3 Å². The number of hydrogen-bond donors (Lipinski definition) is 2. The summed E-state index contributed by atoms with van der Waals surface area (Å²) in [5, 5.41) is 5.23. The summed E-state index contributed by atoms with van der Waals surface area (Å²) in [4.78, 5) is 15.5. The highest BCUT2D eigenvalue weighted by Gasteiger charge is 2.07. The molecule has 4 nitrogen and oxygen atoms in total. The van der Waals surface area contributed by atoms with Crippen LogP contribution in [0.4, 0.5) is 5.13 Å². The van der Waals surface area contributed by atoms with Crippen LogP contribution in [0.2, 0.25) is 0 Å². The Kier molecular flexibility index (Phi) is 4.03. The minimum atomic E-state index is 0.0120. The number of hydrogen-bond acceptors (Lipinski definition) is 4. The van der Waals surface area contributed by atoms with Gasteiger partial charge in [0.25, 0.3) is 0 Å². The predicted molar refractivity (Wildman–Crippen MR) is 58.1 cm³/mol. The molecule has 5 heteroatoms. The van der Waals surface area contributed by atoms with Gasteiger partial charge in [0.2, 0.25) is 5.91 Å². The minimum absolute atomic E-state index is 0.0120. The second kappa shape index (κ2) is 5.07. The van der Waals surface area contributed by atoms with Crippen LogP contribution in [0.25, 0.3) is 0 Å². The number of thiazole rings is 1. The van der Waals surface area contributed by atoms with Crippen LogP contribution in [-0.2, 0) is 11.3 Å². The third kappa shape index (κ3) is 3.43. The molecule has 1 rings (SSSR count). The van der Waals surface area contributed by atoms with E-state index >= 15 is 0 Å². The molecular weight excluding hydrogens is 198 g/mol. The highest BCUT2D eigenvalue weighted by atomic mass is 32.1. The smallest absolute Gasteiger partial charge is 0.226 e. The van der Waals surface area contributed by atoms with Crippen molar-refractivity contribution in [2.45, 2.75) is 26.8 Å². The molecule has 0 aliphatic rings. The van der Waals surface area contributed by atoms with Gasteiger partial charge in [0.05, 0.1) is 5.69 Å². The van der Waals surface area contributed by atoms with E-state index in [-0.39, 0.29) is 5.91 Å². The summed E-state index contributed by atoms with van der Waals surface area (Å²) in [6.45, 7) is 4.43.